The minimum Gasteiger partial charge on any atom is -0.459 e. The SMILES string of the molecule is C=CC(=O)Nc1cc(Nc2ncc(C(=O)OC(C)C)c(-c3cn(CC)c4ccccc34)n2)c(C)cc1N(C)CCN(C)C. The van der Waals surface area contributed by atoms with Crippen LogP contribution >= 0.6 is 0 Å². The fourth-order valence-electron chi connectivity index (χ4n) is 4.79. The van der Waals surface area contributed by atoms with Crippen LogP contribution in [0.15, 0.2) is 61.4 Å². The van der Waals surface area contributed by atoms with Gasteiger partial charge in [-0.25, -0.2) is 14.8 Å². The molecule has 10 heteroatoms. The highest BCUT2D eigenvalue weighted by atomic mass is 16.5. The molecule has 43 heavy (non-hydrogen) atoms. The van der Waals surface area contributed by atoms with Gasteiger partial charge in [-0.15, -0.1) is 0 Å². The van der Waals surface area contributed by atoms with E-state index in [4.69, 9.17) is 9.72 Å². The number of hydrogen-bond acceptors (Lipinski definition) is 8. The van der Waals surface area contributed by atoms with Gasteiger partial charge < -0.3 is 29.7 Å². The zero-order chi connectivity index (χ0) is 31.3. The van der Waals surface area contributed by atoms with E-state index in [0.717, 1.165) is 47.4 Å². The van der Waals surface area contributed by atoms with Gasteiger partial charge in [0, 0.05) is 61.2 Å². The quantitative estimate of drug-likeness (QED) is 0.158. The Kier molecular flexibility index (Phi) is 9.82. The molecule has 4 aromatic rings. The third-order valence-corrected chi connectivity index (χ3v) is 7.06. The molecule has 0 radical (unpaired) electrons. The van der Waals surface area contributed by atoms with Gasteiger partial charge >= 0.3 is 5.97 Å². The molecule has 2 heterocycles. The molecule has 226 valence electrons. The molecular formula is C33H41N7O3. The molecule has 1 amide bonds. The van der Waals surface area contributed by atoms with Gasteiger partial charge in [-0.05, 0) is 71.6 Å². The molecule has 0 fully saturated rings. The first kappa shape index (κ1) is 31.2. The predicted octanol–water partition coefficient (Wildman–Crippen LogP) is 5.86. The fourth-order valence-corrected chi connectivity index (χ4v) is 4.79. The van der Waals surface area contributed by atoms with E-state index in [2.05, 4.69) is 43.5 Å². The second-order valence-electron chi connectivity index (χ2n) is 11.0. The Morgan fingerprint density at radius 1 is 1.12 bits per heavy atom. The number of para-hydroxylation sites is 1. The van der Waals surface area contributed by atoms with E-state index in [0.29, 0.717) is 23.0 Å². The van der Waals surface area contributed by atoms with Crippen molar-refractivity contribution in [3.05, 3.63) is 72.6 Å². The summed E-state index contributed by atoms with van der Waals surface area (Å²) in [6, 6.07) is 11.9. The summed E-state index contributed by atoms with van der Waals surface area (Å²) < 4.78 is 7.68. The van der Waals surface area contributed by atoms with Crippen LogP contribution in [-0.2, 0) is 16.1 Å². The Morgan fingerprint density at radius 3 is 2.53 bits per heavy atom. The van der Waals surface area contributed by atoms with Gasteiger partial charge in [0.25, 0.3) is 0 Å². The van der Waals surface area contributed by atoms with Crippen molar-refractivity contribution >= 4 is 45.8 Å². The molecule has 0 saturated heterocycles. The van der Waals surface area contributed by atoms with Crippen molar-refractivity contribution < 1.29 is 14.3 Å². The van der Waals surface area contributed by atoms with Crippen molar-refractivity contribution in [2.24, 2.45) is 0 Å². The summed E-state index contributed by atoms with van der Waals surface area (Å²) >= 11 is 0. The average molecular weight is 584 g/mol. The maximum Gasteiger partial charge on any atom is 0.342 e. The lowest BCUT2D eigenvalue weighted by Crippen LogP contribution is -2.29. The van der Waals surface area contributed by atoms with Crippen LogP contribution in [0.5, 0.6) is 0 Å². The van der Waals surface area contributed by atoms with Gasteiger partial charge in [-0.3, -0.25) is 4.79 Å². The van der Waals surface area contributed by atoms with Gasteiger partial charge in [0.05, 0.1) is 23.2 Å². The van der Waals surface area contributed by atoms with Gasteiger partial charge in [-0.1, -0.05) is 24.8 Å². The Bertz CT molecular complexity index is 1640. The Morgan fingerprint density at radius 2 is 1.86 bits per heavy atom. The third-order valence-electron chi connectivity index (χ3n) is 7.06. The number of nitrogens with one attached hydrogen (secondary N) is 2. The van der Waals surface area contributed by atoms with Crippen molar-refractivity contribution in [2.75, 3.05) is 49.8 Å². The van der Waals surface area contributed by atoms with Crippen LogP contribution in [0, 0.1) is 6.92 Å². The van der Waals surface area contributed by atoms with Crippen LogP contribution in [0.4, 0.5) is 23.0 Å². The Hall–Kier alpha value is -4.70. The van der Waals surface area contributed by atoms with E-state index < -0.39 is 5.97 Å². The largest absolute Gasteiger partial charge is 0.459 e. The molecule has 2 aromatic heterocycles. The van der Waals surface area contributed by atoms with Crippen molar-refractivity contribution in [3.8, 4) is 11.3 Å². The first-order chi connectivity index (χ1) is 20.5. The average Bonchev–Trinajstić information content (AvgIpc) is 3.35. The number of likely N-dealkylation sites (N-methyl/N-ethyl adjacent to an activating group) is 2. The summed E-state index contributed by atoms with van der Waals surface area (Å²) in [5, 5.41) is 7.23. The van der Waals surface area contributed by atoms with E-state index in [1.807, 2.05) is 84.5 Å². The summed E-state index contributed by atoms with van der Waals surface area (Å²) in [6.45, 7) is 13.6. The molecule has 0 saturated carbocycles. The predicted molar refractivity (Wildman–Crippen MR) is 174 cm³/mol. The molecule has 10 nitrogen and oxygen atoms in total. The van der Waals surface area contributed by atoms with Crippen LogP contribution in [0.1, 0.15) is 36.7 Å². The minimum absolute atomic E-state index is 0.284. The summed E-state index contributed by atoms with van der Waals surface area (Å²) in [7, 11) is 6.04. The minimum atomic E-state index is -0.486. The summed E-state index contributed by atoms with van der Waals surface area (Å²) in [6.07, 6.45) is 4.46. The Labute approximate surface area is 253 Å². The van der Waals surface area contributed by atoms with Crippen molar-refractivity contribution in [3.63, 3.8) is 0 Å². The van der Waals surface area contributed by atoms with Crippen LogP contribution < -0.4 is 15.5 Å². The van der Waals surface area contributed by atoms with Gasteiger partial charge in [0.2, 0.25) is 11.9 Å². The van der Waals surface area contributed by atoms with Crippen molar-refractivity contribution in [1.82, 2.24) is 19.4 Å². The molecular weight excluding hydrogens is 542 g/mol. The molecule has 0 atom stereocenters. The van der Waals surface area contributed by atoms with Crippen LogP contribution in [0.3, 0.4) is 0 Å². The number of anilines is 4. The molecule has 0 aliphatic carbocycles. The zero-order valence-electron chi connectivity index (χ0n) is 26.1. The van der Waals surface area contributed by atoms with E-state index >= 15 is 0 Å². The summed E-state index contributed by atoms with van der Waals surface area (Å²) in [4.78, 5) is 39.1. The molecule has 0 bridgehead atoms. The van der Waals surface area contributed by atoms with Crippen LogP contribution in [0.2, 0.25) is 0 Å². The number of carbonyl (C=O) groups is 2. The standard InChI is InChI=1S/C33H41N7O3/c1-9-30(41)35-27-18-26(22(5)17-29(27)39(8)16-15-38(6)7)36-33-34-19-24(32(42)43-21(3)4)31(37-33)25-20-40(10-2)28-14-12-11-13-23(25)28/h9,11-14,17-21H,1,10,15-16H2,2-8H3,(H,35,41)(H,34,36,37). The molecule has 0 aliphatic rings. The number of amides is 1. The number of hydrogen-bond donors (Lipinski definition) is 2. The lowest BCUT2D eigenvalue weighted by Gasteiger charge is -2.25. The van der Waals surface area contributed by atoms with Crippen molar-refractivity contribution in [2.45, 2.75) is 40.3 Å². The maximum absolute atomic E-state index is 13.2. The second kappa shape index (κ2) is 13.5. The van der Waals surface area contributed by atoms with Gasteiger partial charge in [0.1, 0.15) is 5.56 Å². The molecule has 0 unspecified atom stereocenters. The van der Waals surface area contributed by atoms with Crippen molar-refractivity contribution in [1.29, 1.82) is 0 Å². The highest BCUT2D eigenvalue weighted by Gasteiger charge is 2.22. The smallest absolute Gasteiger partial charge is 0.342 e. The molecule has 2 N–H and O–H groups in total. The highest BCUT2D eigenvalue weighted by molar-refractivity contribution is 6.03. The number of rotatable bonds is 12. The van der Waals surface area contributed by atoms with E-state index in [-0.39, 0.29) is 17.6 Å². The lowest BCUT2D eigenvalue weighted by atomic mass is 10.1. The zero-order valence-corrected chi connectivity index (χ0v) is 26.1. The number of nitrogens with zero attached hydrogens (tertiary/aromatic N) is 5. The van der Waals surface area contributed by atoms with E-state index in [1.54, 1.807) is 0 Å². The van der Waals surface area contributed by atoms with Gasteiger partial charge in [0.15, 0.2) is 0 Å². The number of aromatic nitrogens is 3. The lowest BCUT2D eigenvalue weighted by molar-refractivity contribution is -0.111. The number of esters is 1. The summed E-state index contributed by atoms with van der Waals surface area (Å²) in [5.74, 6) is -0.487. The van der Waals surface area contributed by atoms with Crippen LogP contribution in [0.25, 0.3) is 22.2 Å². The monoisotopic (exact) mass is 583 g/mol. The highest BCUT2D eigenvalue weighted by Crippen LogP contribution is 2.35. The molecule has 2 aromatic carbocycles. The maximum atomic E-state index is 13.2. The second-order valence-corrected chi connectivity index (χ2v) is 11.0. The fraction of sp³-hybridized carbons (Fsp3) is 0.333. The molecule has 4 rings (SSSR count). The number of fused-ring (bicyclic) bond motifs is 1. The normalized spacial score (nSPS) is 11.2. The summed E-state index contributed by atoms with van der Waals surface area (Å²) in [5.41, 5.74) is 5.76. The van der Waals surface area contributed by atoms with E-state index in [9.17, 15) is 9.59 Å². The first-order valence-corrected chi connectivity index (χ1v) is 14.4. The molecule has 0 aliphatic heterocycles. The third kappa shape index (κ3) is 7.21. The number of carbonyl (C=O) groups excluding carboxylic acids is 2. The topological polar surface area (TPSA) is 105 Å². The van der Waals surface area contributed by atoms with Crippen LogP contribution in [-0.4, -0.2) is 71.6 Å². The molecule has 0 spiro atoms. The number of ether oxygens (including phenoxy) is 1. The number of aryl methyl sites for hydroxylation is 2. The van der Waals surface area contributed by atoms with E-state index in [1.165, 1.54) is 12.3 Å². The van der Waals surface area contributed by atoms with Gasteiger partial charge in [-0.2, -0.15) is 0 Å². The number of benzene rings is 2. The first-order valence-electron chi connectivity index (χ1n) is 14.4. The Balaban J connectivity index is 1.80.